The number of amides is 2. The number of nitrogens with zero attached hydrogens (tertiary/aromatic N) is 2. The topological polar surface area (TPSA) is 88.6 Å². The van der Waals surface area contributed by atoms with Gasteiger partial charge in [0.1, 0.15) is 0 Å². The molecule has 1 N–H and O–H groups in total. The van der Waals surface area contributed by atoms with Crippen molar-refractivity contribution < 1.29 is 19.1 Å². The summed E-state index contributed by atoms with van der Waals surface area (Å²) in [6, 6.07) is 6.07. The minimum Gasteiger partial charge on any atom is -0.459 e. The quantitative estimate of drug-likeness (QED) is 0.315. The lowest BCUT2D eigenvalue weighted by Gasteiger charge is -2.39. The second kappa shape index (κ2) is 12.9. The number of fused-ring (bicyclic) bond motifs is 2. The lowest BCUT2D eigenvalue weighted by atomic mass is 9.76. The van der Waals surface area contributed by atoms with Crippen LogP contribution in [0.2, 0.25) is 5.02 Å². The van der Waals surface area contributed by atoms with E-state index in [0.717, 1.165) is 64.6 Å². The first-order valence-electron chi connectivity index (χ1n) is 14.1. The average Bonchev–Trinajstić information content (AvgIpc) is 3.10. The Labute approximate surface area is 257 Å². The molecule has 2 aliphatic carbocycles. The first-order chi connectivity index (χ1) is 19.2. The van der Waals surface area contributed by atoms with E-state index in [1.165, 1.54) is 16.7 Å². The number of carbonyl (C=O) groups is 3. The number of piperidine rings is 1. The van der Waals surface area contributed by atoms with E-state index in [2.05, 4.69) is 49.3 Å². The third-order valence-corrected chi connectivity index (χ3v) is 9.87. The Morgan fingerprint density at radius 1 is 1.07 bits per heavy atom. The molecule has 0 bridgehead atoms. The second-order valence-corrected chi connectivity index (χ2v) is 13.3. The van der Waals surface area contributed by atoms with Crippen LogP contribution >= 0.6 is 43.5 Å². The minimum atomic E-state index is -0.865. The molecule has 7 nitrogen and oxygen atoms in total. The van der Waals surface area contributed by atoms with Gasteiger partial charge in [-0.3, -0.25) is 14.6 Å². The van der Waals surface area contributed by atoms with Gasteiger partial charge in [-0.05, 0) is 109 Å². The predicted molar refractivity (Wildman–Crippen MR) is 160 cm³/mol. The minimum absolute atomic E-state index is 0.127. The predicted octanol–water partition coefficient (Wildman–Crippen LogP) is 5.97. The number of nitrogens with one attached hydrogen (secondary N) is 1. The van der Waals surface area contributed by atoms with Crippen LogP contribution in [0.25, 0.3) is 0 Å². The highest BCUT2D eigenvalue weighted by atomic mass is 79.9. The Bertz CT molecular complexity index is 1300. The number of likely N-dealkylation sites (tertiary alicyclic amines) is 1. The van der Waals surface area contributed by atoms with Crippen molar-refractivity contribution in [3.8, 4) is 0 Å². The van der Waals surface area contributed by atoms with Gasteiger partial charge in [-0.1, -0.05) is 34.0 Å². The number of rotatable bonds is 4. The summed E-state index contributed by atoms with van der Waals surface area (Å²) in [6.07, 6.45) is 8.44. The molecule has 3 aliphatic rings. The van der Waals surface area contributed by atoms with Gasteiger partial charge < -0.3 is 15.0 Å². The fraction of sp³-hybridized carbons (Fsp3) is 0.533. The maximum absolute atomic E-state index is 13.6. The Morgan fingerprint density at radius 3 is 2.58 bits per heavy atom. The second-order valence-electron chi connectivity index (χ2n) is 11.1. The highest BCUT2D eigenvalue weighted by Crippen LogP contribution is 2.46. The summed E-state index contributed by atoms with van der Waals surface area (Å²) in [5.74, 6) is -1.11. The van der Waals surface area contributed by atoms with E-state index in [0.29, 0.717) is 25.4 Å². The first-order valence-corrected chi connectivity index (χ1v) is 16.1. The molecule has 3 atom stereocenters. The third kappa shape index (κ3) is 6.41. The summed E-state index contributed by atoms with van der Waals surface area (Å²) in [4.78, 5) is 44.4. The standard InChI is InChI=1S/C30H34Br2ClN3O4/c1-2-40-30(39)28(37)35-23-5-3-4-20(14-23)29(38)36-10-8-17(9-11-36)26-25-18(13-22(33)15-24(25)32)6-7-19-12-21(31)16-34-27(19)26/h12-13,15-17,20,23,26H,2-11,14H2,1H3,(H,35,37)/t20?,23?,26-/m1/s1. The van der Waals surface area contributed by atoms with Gasteiger partial charge in [-0.15, -0.1) is 0 Å². The number of pyridine rings is 1. The van der Waals surface area contributed by atoms with Crippen molar-refractivity contribution in [2.24, 2.45) is 11.8 Å². The molecule has 2 aromatic rings. The summed E-state index contributed by atoms with van der Waals surface area (Å²) >= 11 is 13.9. The number of hydrogen-bond acceptors (Lipinski definition) is 5. The van der Waals surface area contributed by atoms with Crippen LogP contribution in [0.3, 0.4) is 0 Å². The van der Waals surface area contributed by atoms with Gasteiger partial charge in [-0.25, -0.2) is 4.79 Å². The molecule has 1 aliphatic heterocycles. The number of ether oxygens (including phenoxy) is 1. The van der Waals surface area contributed by atoms with Gasteiger partial charge in [0.05, 0.1) is 12.3 Å². The Morgan fingerprint density at radius 2 is 1.82 bits per heavy atom. The summed E-state index contributed by atoms with van der Waals surface area (Å²) in [6.45, 7) is 3.22. The molecule has 0 radical (unpaired) electrons. The van der Waals surface area contributed by atoms with E-state index >= 15 is 0 Å². The number of carbonyl (C=O) groups excluding carboxylic acids is 3. The van der Waals surface area contributed by atoms with E-state index in [-0.39, 0.29) is 30.4 Å². The molecule has 2 unspecified atom stereocenters. The number of aryl methyl sites for hydroxylation is 2. The zero-order valence-corrected chi connectivity index (χ0v) is 26.5. The van der Waals surface area contributed by atoms with Crippen molar-refractivity contribution in [2.45, 2.75) is 70.3 Å². The van der Waals surface area contributed by atoms with Gasteiger partial charge in [0.15, 0.2) is 0 Å². The molecule has 1 saturated carbocycles. The molecule has 1 saturated heterocycles. The molecule has 214 valence electrons. The van der Waals surface area contributed by atoms with E-state index in [9.17, 15) is 14.4 Å². The van der Waals surface area contributed by atoms with E-state index in [1.54, 1.807) is 6.92 Å². The fourth-order valence-corrected chi connectivity index (χ4v) is 8.23. The average molecular weight is 696 g/mol. The molecule has 1 aromatic carbocycles. The van der Waals surface area contributed by atoms with Crippen LogP contribution in [0.1, 0.15) is 73.8 Å². The number of hydrogen-bond donors (Lipinski definition) is 1. The van der Waals surface area contributed by atoms with Crippen molar-refractivity contribution in [1.82, 2.24) is 15.2 Å². The summed E-state index contributed by atoms with van der Waals surface area (Å²) < 4.78 is 6.81. The molecule has 2 amide bonds. The largest absolute Gasteiger partial charge is 0.459 e. The van der Waals surface area contributed by atoms with Crippen LogP contribution in [0, 0.1) is 11.8 Å². The number of esters is 1. The maximum Gasteiger partial charge on any atom is 0.396 e. The van der Waals surface area contributed by atoms with Crippen LogP contribution < -0.4 is 5.32 Å². The van der Waals surface area contributed by atoms with Gasteiger partial charge in [0, 0.05) is 51.1 Å². The SMILES string of the molecule is CCOC(=O)C(=O)NC1CCCC(C(=O)N2CCC([C@H]3c4ncc(Br)cc4CCc4cc(Cl)cc(Br)c43)CC2)C1. The van der Waals surface area contributed by atoms with E-state index in [1.807, 2.05) is 17.2 Å². The molecule has 40 heavy (non-hydrogen) atoms. The Hall–Kier alpha value is -1.97. The van der Waals surface area contributed by atoms with Gasteiger partial charge in [-0.2, -0.15) is 0 Å². The summed E-state index contributed by atoms with van der Waals surface area (Å²) in [5, 5.41) is 3.50. The third-order valence-electron chi connectivity index (χ3n) is 8.56. The first kappa shape index (κ1) is 29.5. The van der Waals surface area contributed by atoms with Crippen LogP contribution in [0.15, 0.2) is 33.3 Å². The zero-order chi connectivity index (χ0) is 28.4. The van der Waals surface area contributed by atoms with Crippen molar-refractivity contribution in [3.05, 3.63) is 60.7 Å². The lowest BCUT2D eigenvalue weighted by Crippen LogP contribution is -2.47. The summed E-state index contributed by atoms with van der Waals surface area (Å²) in [5.41, 5.74) is 4.92. The van der Waals surface area contributed by atoms with Crippen molar-refractivity contribution in [3.63, 3.8) is 0 Å². The van der Waals surface area contributed by atoms with Gasteiger partial charge in [0.25, 0.3) is 0 Å². The normalized spacial score (nSPS) is 23.0. The molecule has 2 fully saturated rings. The number of halogens is 3. The zero-order valence-electron chi connectivity index (χ0n) is 22.6. The van der Waals surface area contributed by atoms with Crippen molar-refractivity contribution in [1.29, 1.82) is 0 Å². The molecule has 5 rings (SSSR count). The molecule has 1 aromatic heterocycles. The smallest absolute Gasteiger partial charge is 0.396 e. The van der Waals surface area contributed by atoms with Crippen molar-refractivity contribution >= 4 is 61.2 Å². The highest BCUT2D eigenvalue weighted by molar-refractivity contribution is 9.10. The van der Waals surface area contributed by atoms with E-state index < -0.39 is 11.9 Å². The lowest BCUT2D eigenvalue weighted by molar-refractivity contribution is -0.155. The number of benzene rings is 1. The maximum atomic E-state index is 13.6. The molecule has 10 heteroatoms. The van der Waals surface area contributed by atoms with Gasteiger partial charge >= 0.3 is 11.9 Å². The monoisotopic (exact) mass is 693 g/mol. The molecular weight excluding hydrogens is 662 g/mol. The van der Waals surface area contributed by atoms with Crippen LogP contribution in [-0.2, 0) is 32.0 Å². The van der Waals surface area contributed by atoms with Gasteiger partial charge in [0.2, 0.25) is 5.91 Å². The molecular formula is C30H34Br2ClN3O4. The van der Waals surface area contributed by atoms with E-state index in [4.69, 9.17) is 21.3 Å². The summed E-state index contributed by atoms with van der Waals surface area (Å²) in [7, 11) is 0. The Balaban J connectivity index is 1.29. The van der Waals surface area contributed by atoms with Crippen molar-refractivity contribution in [2.75, 3.05) is 19.7 Å². The van der Waals surface area contributed by atoms with Crippen LogP contribution in [0.5, 0.6) is 0 Å². The fourth-order valence-electron chi connectivity index (χ4n) is 6.73. The Kier molecular flexibility index (Phi) is 9.52. The number of aromatic nitrogens is 1. The molecule has 2 heterocycles. The van der Waals surface area contributed by atoms with Crippen LogP contribution in [0.4, 0.5) is 0 Å². The highest BCUT2D eigenvalue weighted by Gasteiger charge is 2.38. The molecule has 0 spiro atoms. The van der Waals surface area contributed by atoms with Crippen LogP contribution in [-0.4, -0.2) is 53.4 Å².